The van der Waals surface area contributed by atoms with Crippen LogP contribution in [0.25, 0.3) is 0 Å². The number of allylic oxidation sites excluding steroid dienone is 1. The molecule has 1 aromatic carbocycles. The molecule has 1 heterocycles. The summed E-state index contributed by atoms with van der Waals surface area (Å²) in [6, 6.07) is 5.53. The molecule has 98 valence electrons. The molecule has 0 aliphatic carbocycles. The number of thioether (sulfide) groups is 1. The SMILES string of the molecule is COC1=C(C(C)C)SCN1c1c(Cl)cccc1Cl. The molecule has 0 N–H and O–H groups in total. The molecule has 2 nitrogen and oxygen atoms in total. The van der Waals surface area contributed by atoms with Gasteiger partial charge in [0.15, 0.2) is 0 Å². The van der Waals surface area contributed by atoms with Gasteiger partial charge in [-0.15, -0.1) is 11.8 Å². The van der Waals surface area contributed by atoms with Crippen LogP contribution in [0.3, 0.4) is 0 Å². The fourth-order valence-electron chi connectivity index (χ4n) is 1.92. The van der Waals surface area contributed by atoms with Crippen molar-refractivity contribution in [3.8, 4) is 0 Å². The van der Waals surface area contributed by atoms with E-state index in [2.05, 4.69) is 13.8 Å². The fraction of sp³-hybridized carbons (Fsp3) is 0.385. The summed E-state index contributed by atoms with van der Waals surface area (Å²) in [5, 5.41) is 1.28. The highest BCUT2D eigenvalue weighted by atomic mass is 35.5. The van der Waals surface area contributed by atoms with Crippen molar-refractivity contribution in [3.63, 3.8) is 0 Å². The molecule has 0 aromatic heterocycles. The van der Waals surface area contributed by atoms with Gasteiger partial charge in [0, 0.05) is 4.91 Å². The van der Waals surface area contributed by atoms with Crippen molar-refractivity contribution in [2.45, 2.75) is 13.8 Å². The Morgan fingerprint density at radius 1 is 1.28 bits per heavy atom. The lowest BCUT2D eigenvalue weighted by Gasteiger charge is -2.23. The molecule has 0 fully saturated rings. The maximum absolute atomic E-state index is 6.25. The zero-order valence-corrected chi connectivity index (χ0v) is 12.9. The monoisotopic (exact) mass is 303 g/mol. The van der Waals surface area contributed by atoms with Gasteiger partial charge in [0.25, 0.3) is 0 Å². The Labute approximate surface area is 122 Å². The third-order valence-electron chi connectivity index (χ3n) is 2.73. The minimum Gasteiger partial charge on any atom is -0.482 e. The van der Waals surface area contributed by atoms with Gasteiger partial charge in [0.05, 0.1) is 28.7 Å². The van der Waals surface area contributed by atoms with Gasteiger partial charge in [0.1, 0.15) is 0 Å². The van der Waals surface area contributed by atoms with E-state index in [4.69, 9.17) is 27.9 Å². The molecule has 2 rings (SSSR count). The van der Waals surface area contributed by atoms with Crippen LogP contribution < -0.4 is 4.90 Å². The number of benzene rings is 1. The van der Waals surface area contributed by atoms with E-state index in [0.29, 0.717) is 16.0 Å². The predicted molar refractivity (Wildman–Crippen MR) is 80.3 cm³/mol. The molecule has 0 unspecified atom stereocenters. The van der Waals surface area contributed by atoms with Crippen LogP contribution >= 0.6 is 35.0 Å². The molecular formula is C13H15Cl2NOS. The van der Waals surface area contributed by atoms with Gasteiger partial charge in [-0.3, -0.25) is 4.90 Å². The highest BCUT2D eigenvalue weighted by Gasteiger charge is 2.29. The van der Waals surface area contributed by atoms with Crippen LogP contribution in [-0.4, -0.2) is 13.0 Å². The van der Waals surface area contributed by atoms with Crippen LogP contribution in [0.5, 0.6) is 0 Å². The number of hydrogen-bond donors (Lipinski definition) is 0. The number of nitrogens with zero attached hydrogens (tertiary/aromatic N) is 1. The number of ether oxygens (including phenoxy) is 1. The third-order valence-corrected chi connectivity index (χ3v) is 4.68. The Kier molecular flexibility index (Phi) is 4.36. The van der Waals surface area contributed by atoms with Crippen LogP contribution in [0.1, 0.15) is 13.8 Å². The molecule has 0 saturated heterocycles. The third kappa shape index (κ3) is 2.44. The van der Waals surface area contributed by atoms with E-state index in [1.165, 1.54) is 4.91 Å². The molecule has 0 spiro atoms. The average molecular weight is 304 g/mol. The van der Waals surface area contributed by atoms with Crippen molar-refractivity contribution < 1.29 is 4.74 Å². The summed E-state index contributed by atoms with van der Waals surface area (Å²) in [4.78, 5) is 3.26. The second kappa shape index (κ2) is 5.64. The van der Waals surface area contributed by atoms with Crippen molar-refractivity contribution >= 4 is 40.7 Å². The quantitative estimate of drug-likeness (QED) is 0.782. The molecular weight excluding hydrogens is 289 g/mol. The maximum atomic E-state index is 6.25. The molecule has 1 aromatic rings. The topological polar surface area (TPSA) is 12.5 Å². The predicted octanol–water partition coefficient (Wildman–Crippen LogP) is 4.98. The average Bonchev–Trinajstić information content (AvgIpc) is 2.72. The smallest absolute Gasteiger partial charge is 0.204 e. The van der Waals surface area contributed by atoms with E-state index in [-0.39, 0.29) is 0 Å². The van der Waals surface area contributed by atoms with Gasteiger partial charge in [-0.2, -0.15) is 0 Å². The van der Waals surface area contributed by atoms with E-state index in [0.717, 1.165) is 17.4 Å². The summed E-state index contributed by atoms with van der Waals surface area (Å²) in [7, 11) is 1.68. The largest absolute Gasteiger partial charge is 0.482 e. The first-order valence-corrected chi connectivity index (χ1v) is 7.43. The minimum absolute atomic E-state index is 0.427. The number of hydrogen-bond acceptors (Lipinski definition) is 3. The van der Waals surface area contributed by atoms with Crippen molar-refractivity contribution in [2.75, 3.05) is 17.9 Å². The first kappa shape index (κ1) is 13.9. The highest BCUT2D eigenvalue weighted by molar-refractivity contribution is 8.03. The normalized spacial score (nSPS) is 15.8. The summed E-state index contributed by atoms with van der Waals surface area (Å²) < 4.78 is 5.53. The Hall–Kier alpha value is -0.510. The zero-order valence-electron chi connectivity index (χ0n) is 10.5. The highest BCUT2D eigenvalue weighted by Crippen LogP contribution is 2.44. The van der Waals surface area contributed by atoms with Gasteiger partial charge in [-0.25, -0.2) is 0 Å². The summed E-state index contributed by atoms with van der Waals surface area (Å²) in [5.41, 5.74) is 0.820. The maximum Gasteiger partial charge on any atom is 0.204 e. The standard InChI is InChI=1S/C13H15Cl2NOS/c1-8(2)12-13(17-3)16(7-18-12)11-9(14)5-4-6-10(11)15/h4-6,8H,7H2,1-3H3. The number of methoxy groups -OCH3 is 1. The summed E-state index contributed by atoms with van der Waals surface area (Å²) >= 11 is 14.3. The second-order valence-electron chi connectivity index (χ2n) is 4.30. The summed E-state index contributed by atoms with van der Waals surface area (Å²) in [5.74, 6) is 2.06. The molecule has 1 aliphatic rings. The molecule has 1 aliphatic heterocycles. The first-order chi connectivity index (χ1) is 8.56. The molecule has 0 saturated carbocycles. The molecule has 0 radical (unpaired) electrons. The van der Waals surface area contributed by atoms with Crippen LogP contribution in [0.4, 0.5) is 5.69 Å². The zero-order chi connectivity index (χ0) is 13.3. The van der Waals surface area contributed by atoms with Crippen LogP contribution in [-0.2, 0) is 4.74 Å². The van der Waals surface area contributed by atoms with Gasteiger partial charge < -0.3 is 4.74 Å². The lowest BCUT2D eigenvalue weighted by Crippen LogP contribution is -2.20. The number of anilines is 1. The van der Waals surface area contributed by atoms with Gasteiger partial charge >= 0.3 is 0 Å². The van der Waals surface area contributed by atoms with Crippen molar-refractivity contribution in [2.24, 2.45) is 5.92 Å². The van der Waals surface area contributed by atoms with E-state index < -0.39 is 0 Å². The summed E-state index contributed by atoms with van der Waals surface area (Å²) in [6.07, 6.45) is 0. The van der Waals surface area contributed by atoms with E-state index in [1.807, 2.05) is 23.1 Å². The number of halogens is 2. The lowest BCUT2D eigenvalue weighted by molar-refractivity contribution is 0.279. The van der Waals surface area contributed by atoms with E-state index >= 15 is 0 Å². The molecule has 0 atom stereocenters. The van der Waals surface area contributed by atoms with Crippen LogP contribution in [0, 0.1) is 5.92 Å². The van der Waals surface area contributed by atoms with Crippen molar-refractivity contribution in [1.82, 2.24) is 0 Å². The van der Waals surface area contributed by atoms with Crippen molar-refractivity contribution in [1.29, 1.82) is 0 Å². The molecule has 0 bridgehead atoms. The second-order valence-corrected chi connectivity index (χ2v) is 6.10. The first-order valence-electron chi connectivity index (χ1n) is 5.68. The Bertz CT molecular complexity index is 468. The summed E-state index contributed by atoms with van der Waals surface area (Å²) in [6.45, 7) is 4.30. The minimum atomic E-state index is 0.427. The number of rotatable bonds is 3. The van der Waals surface area contributed by atoms with Crippen molar-refractivity contribution in [3.05, 3.63) is 39.0 Å². The molecule has 18 heavy (non-hydrogen) atoms. The Morgan fingerprint density at radius 2 is 1.89 bits per heavy atom. The van der Waals surface area contributed by atoms with Crippen LogP contribution in [0.15, 0.2) is 29.0 Å². The van der Waals surface area contributed by atoms with Crippen LogP contribution in [0.2, 0.25) is 10.0 Å². The Morgan fingerprint density at radius 3 is 2.39 bits per heavy atom. The van der Waals surface area contributed by atoms with Gasteiger partial charge in [-0.1, -0.05) is 43.1 Å². The van der Waals surface area contributed by atoms with Gasteiger partial charge in [0.2, 0.25) is 5.88 Å². The molecule has 5 heteroatoms. The lowest BCUT2D eigenvalue weighted by atomic mass is 10.2. The number of para-hydroxylation sites is 1. The molecule has 0 amide bonds. The fourth-order valence-corrected chi connectivity index (χ4v) is 3.69. The van der Waals surface area contributed by atoms with Gasteiger partial charge in [-0.05, 0) is 18.1 Å². The van der Waals surface area contributed by atoms with E-state index in [9.17, 15) is 0 Å². The van der Waals surface area contributed by atoms with E-state index in [1.54, 1.807) is 18.9 Å². The Balaban J connectivity index is 2.47.